The second-order valence-corrected chi connectivity index (χ2v) is 6.21. The van der Waals surface area contributed by atoms with Gasteiger partial charge in [-0.25, -0.2) is 0 Å². The molecule has 0 spiro atoms. The minimum Gasteiger partial charge on any atom is -0.397 e. The van der Waals surface area contributed by atoms with Crippen LogP contribution < -0.4 is 11.1 Å². The van der Waals surface area contributed by atoms with Crippen LogP contribution in [0.25, 0.3) is 0 Å². The van der Waals surface area contributed by atoms with E-state index in [0.717, 1.165) is 24.3 Å². The first-order valence-electron chi connectivity index (χ1n) is 7.14. The molecule has 2 aromatic rings. The van der Waals surface area contributed by atoms with Crippen LogP contribution in [-0.2, 0) is 11.8 Å². The number of nitrogen functional groups attached to an aromatic ring is 1. The molecule has 0 heterocycles. The molecule has 0 fully saturated rings. The molecule has 20 heavy (non-hydrogen) atoms. The molecule has 0 unspecified atom stereocenters. The molecule has 0 amide bonds. The van der Waals surface area contributed by atoms with E-state index in [1.54, 1.807) is 0 Å². The topological polar surface area (TPSA) is 38.0 Å². The number of hydrogen-bond acceptors (Lipinski definition) is 2. The molecule has 0 saturated heterocycles. The summed E-state index contributed by atoms with van der Waals surface area (Å²) in [7, 11) is 0. The van der Waals surface area contributed by atoms with Crippen molar-refractivity contribution in [2.75, 3.05) is 17.6 Å². The molecule has 0 atom stereocenters. The Morgan fingerprint density at radius 1 is 0.950 bits per heavy atom. The molecule has 0 radical (unpaired) electrons. The van der Waals surface area contributed by atoms with Crippen molar-refractivity contribution in [2.24, 2.45) is 0 Å². The molecular weight excluding hydrogens is 244 g/mol. The summed E-state index contributed by atoms with van der Waals surface area (Å²) in [6.45, 7) is 7.61. The van der Waals surface area contributed by atoms with Crippen molar-refractivity contribution in [3.05, 3.63) is 59.7 Å². The van der Waals surface area contributed by atoms with E-state index < -0.39 is 0 Å². The lowest BCUT2D eigenvalue weighted by molar-refractivity contribution is 0.590. The van der Waals surface area contributed by atoms with E-state index in [4.69, 9.17) is 5.73 Å². The van der Waals surface area contributed by atoms with Crippen LogP contribution in [0.5, 0.6) is 0 Å². The van der Waals surface area contributed by atoms with Crippen LogP contribution in [-0.4, -0.2) is 6.54 Å². The normalized spacial score (nSPS) is 11.3. The molecule has 2 aromatic carbocycles. The SMILES string of the molecule is CC(C)(C)c1ccc(CCNc2ccccc2N)cc1. The molecule has 0 aliphatic rings. The van der Waals surface area contributed by atoms with E-state index in [2.05, 4.69) is 50.4 Å². The van der Waals surface area contributed by atoms with Crippen molar-refractivity contribution in [1.82, 2.24) is 0 Å². The highest BCUT2D eigenvalue weighted by atomic mass is 14.9. The summed E-state index contributed by atoms with van der Waals surface area (Å²) in [4.78, 5) is 0. The van der Waals surface area contributed by atoms with Crippen LogP contribution in [0.4, 0.5) is 11.4 Å². The molecule has 0 bridgehead atoms. The highest BCUT2D eigenvalue weighted by Gasteiger charge is 2.12. The monoisotopic (exact) mass is 268 g/mol. The Hall–Kier alpha value is -1.96. The van der Waals surface area contributed by atoms with E-state index in [1.807, 2.05) is 24.3 Å². The second-order valence-electron chi connectivity index (χ2n) is 6.21. The molecule has 0 aliphatic carbocycles. The fourth-order valence-electron chi connectivity index (χ4n) is 2.17. The number of para-hydroxylation sites is 2. The fourth-order valence-corrected chi connectivity index (χ4v) is 2.17. The van der Waals surface area contributed by atoms with Gasteiger partial charge in [-0.2, -0.15) is 0 Å². The first kappa shape index (κ1) is 14.4. The Bertz CT molecular complexity index is 550. The molecule has 0 saturated carbocycles. The highest BCUT2D eigenvalue weighted by Crippen LogP contribution is 2.22. The third kappa shape index (κ3) is 3.77. The predicted octanol–water partition coefficient (Wildman–Crippen LogP) is 4.22. The summed E-state index contributed by atoms with van der Waals surface area (Å²) in [5, 5.41) is 3.38. The van der Waals surface area contributed by atoms with Gasteiger partial charge in [-0.15, -0.1) is 0 Å². The third-order valence-corrected chi connectivity index (χ3v) is 3.51. The van der Waals surface area contributed by atoms with Crippen molar-refractivity contribution in [1.29, 1.82) is 0 Å². The number of hydrogen-bond donors (Lipinski definition) is 2. The van der Waals surface area contributed by atoms with Gasteiger partial charge < -0.3 is 11.1 Å². The van der Waals surface area contributed by atoms with Crippen LogP contribution in [0.2, 0.25) is 0 Å². The largest absolute Gasteiger partial charge is 0.397 e. The molecule has 0 aromatic heterocycles. The Morgan fingerprint density at radius 2 is 1.60 bits per heavy atom. The Balaban J connectivity index is 1.90. The number of rotatable bonds is 4. The lowest BCUT2D eigenvalue weighted by Gasteiger charge is -2.19. The smallest absolute Gasteiger partial charge is 0.0574 e. The van der Waals surface area contributed by atoms with Gasteiger partial charge in [0, 0.05) is 6.54 Å². The first-order valence-corrected chi connectivity index (χ1v) is 7.14. The van der Waals surface area contributed by atoms with Crippen molar-refractivity contribution in [3.63, 3.8) is 0 Å². The summed E-state index contributed by atoms with van der Waals surface area (Å²) in [6.07, 6.45) is 0.999. The van der Waals surface area contributed by atoms with E-state index in [-0.39, 0.29) is 5.41 Å². The van der Waals surface area contributed by atoms with Crippen molar-refractivity contribution in [2.45, 2.75) is 32.6 Å². The molecule has 2 nitrogen and oxygen atoms in total. The van der Waals surface area contributed by atoms with Crippen LogP contribution in [0.1, 0.15) is 31.9 Å². The molecule has 106 valence electrons. The maximum Gasteiger partial charge on any atom is 0.0574 e. The molecule has 3 N–H and O–H groups in total. The number of anilines is 2. The van der Waals surface area contributed by atoms with E-state index in [1.165, 1.54) is 11.1 Å². The summed E-state index contributed by atoms with van der Waals surface area (Å²) in [6, 6.07) is 16.8. The Morgan fingerprint density at radius 3 is 2.20 bits per heavy atom. The fraction of sp³-hybridized carbons (Fsp3) is 0.333. The van der Waals surface area contributed by atoms with Gasteiger partial charge in [0.2, 0.25) is 0 Å². The standard InChI is InChI=1S/C18H24N2/c1-18(2,3)15-10-8-14(9-11-15)12-13-20-17-7-5-4-6-16(17)19/h4-11,20H,12-13,19H2,1-3H3. The number of nitrogens with one attached hydrogen (secondary N) is 1. The van der Waals surface area contributed by atoms with E-state index in [9.17, 15) is 0 Å². The van der Waals surface area contributed by atoms with Crippen LogP contribution >= 0.6 is 0 Å². The van der Waals surface area contributed by atoms with Crippen LogP contribution in [0.15, 0.2) is 48.5 Å². The van der Waals surface area contributed by atoms with Gasteiger partial charge in [0.1, 0.15) is 0 Å². The quantitative estimate of drug-likeness (QED) is 0.815. The Kier molecular flexibility index (Phi) is 4.33. The maximum atomic E-state index is 5.91. The molecule has 0 aliphatic heterocycles. The summed E-state index contributed by atoms with van der Waals surface area (Å²) < 4.78 is 0. The minimum atomic E-state index is 0.218. The Labute approximate surface area is 122 Å². The average molecular weight is 268 g/mol. The van der Waals surface area contributed by atoms with Crippen LogP contribution in [0.3, 0.4) is 0 Å². The van der Waals surface area contributed by atoms with Gasteiger partial charge in [0.25, 0.3) is 0 Å². The van der Waals surface area contributed by atoms with Gasteiger partial charge >= 0.3 is 0 Å². The number of benzene rings is 2. The second kappa shape index (κ2) is 6.00. The lowest BCUT2D eigenvalue weighted by atomic mass is 9.86. The van der Waals surface area contributed by atoms with E-state index >= 15 is 0 Å². The predicted molar refractivity (Wildman–Crippen MR) is 88.2 cm³/mol. The zero-order valence-corrected chi connectivity index (χ0v) is 12.6. The van der Waals surface area contributed by atoms with Gasteiger partial charge in [-0.05, 0) is 35.1 Å². The average Bonchev–Trinajstić information content (AvgIpc) is 2.40. The summed E-state index contributed by atoms with van der Waals surface area (Å²) >= 11 is 0. The van der Waals surface area contributed by atoms with Gasteiger partial charge in [-0.1, -0.05) is 57.2 Å². The van der Waals surface area contributed by atoms with Gasteiger partial charge in [0.15, 0.2) is 0 Å². The van der Waals surface area contributed by atoms with Crippen LogP contribution in [0, 0.1) is 0 Å². The zero-order valence-electron chi connectivity index (χ0n) is 12.6. The molecule has 2 rings (SSSR count). The highest BCUT2D eigenvalue weighted by molar-refractivity contribution is 5.65. The summed E-state index contributed by atoms with van der Waals surface area (Å²) in [5.74, 6) is 0. The summed E-state index contributed by atoms with van der Waals surface area (Å²) in [5.41, 5.74) is 10.7. The van der Waals surface area contributed by atoms with Crippen molar-refractivity contribution < 1.29 is 0 Å². The van der Waals surface area contributed by atoms with Crippen molar-refractivity contribution >= 4 is 11.4 Å². The third-order valence-electron chi connectivity index (χ3n) is 3.51. The number of nitrogens with two attached hydrogens (primary N) is 1. The zero-order chi connectivity index (χ0) is 14.6. The maximum absolute atomic E-state index is 5.91. The van der Waals surface area contributed by atoms with E-state index in [0.29, 0.717) is 0 Å². The van der Waals surface area contributed by atoms with Gasteiger partial charge in [-0.3, -0.25) is 0 Å². The molecule has 2 heteroatoms. The minimum absolute atomic E-state index is 0.218. The van der Waals surface area contributed by atoms with Crippen molar-refractivity contribution in [3.8, 4) is 0 Å². The lowest BCUT2D eigenvalue weighted by Crippen LogP contribution is -2.11. The first-order chi connectivity index (χ1) is 9.47. The van der Waals surface area contributed by atoms with Gasteiger partial charge in [0.05, 0.1) is 11.4 Å². The molecular formula is C18H24N2.